The Labute approximate surface area is 143 Å². The van der Waals surface area contributed by atoms with Gasteiger partial charge in [-0.3, -0.25) is 14.6 Å². The lowest BCUT2D eigenvalue weighted by Crippen LogP contribution is -2.31. The number of primary amides is 1. The van der Waals surface area contributed by atoms with Crippen LogP contribution in [0, 0.1) is 5.82 Å². The molecular weight excluding hydrogens is 328 g/mol. The van der Waals surface area contributed by atoms with E-state index in [4.69, 9.17) is 5.73 Å². The Morgan fingerprint density at radius 1 is 1.32 bits per heavy atom. The molecule has 1 aliphatic heterocycles. The first-order valence-corrected chi connectivity index (χ1v) is 7.86. The fourth-order valence-electron chi connectivity index (χ4n) is 3.24. The summed E-state index contributed by atoms with van der Waals surface area (Å²) >= 11 is 0. The highest BCUT2D eigenvalue weighted by molar-refractivity contribution is 5.97. The normalized spacial score (nSPS) is 19.9. The maximum absolute atomic E-state index is 14.7. The molecular formula is C18H17F2N3O2. The van der Waals surface area contributed by atoms with Crippen molar-refractivity contribution in [1.82, 2.24) is 9.88 Å². The summed E-state index contributed by atoms with van der Waals surface area (Å²) in [4.78, 5) is 28.4. The number of rotatable bonds is 3. The average Bonchev–Trinajstić information content (AvgIpc) is 2.96. The number of likely N-dealkylation sites (tertiary alicyclic amines) is 1. The van der Waals surface area contributed by atoms with E-state index in [1.807, 2.05) is 0 Å². The van der Waals surface area contributed by atoms with E-state index in [1.165, 1.54) is 30.2 Å². The second-order valence-electron chi connectivity index (χ2n) is 5.96. The third kappa shape index (κ3) is 3.09. The topological polar surface area (TPSA) is 76.3 Å². The molecule has 25 heavy (non-hydrogen) atoms. The summed E-state index contributed by atoms with van der Waals surface area (Å²) < 4.78 is 28.9. The minimum Gasteiger partial charge on any atom is -0.364 e. The Morgan fingerprint density at radius 2 is 2.08 bits per heavy atom. The number of halogens is 2. The monoisotopic (exact) mass is 345 g/mol. The van der Waals surface area contributed by atoms with Crippen LogP contribution in [0.25, 0.3) is 11.1 Å². The number of aromatic nitrogens is 1. The molecule has 2 amide bonds. The number of pyridine rings is 1. The van der Waals surface area contributed by atoms with Crippen LogP contribution in [0.4, 0.5) is 8.78 Å². The van der Waals surface area contributed by atoms with Crippen molar-refractivity contribution >= 4 is 11.8 Å². The van der Waals surface area contributed by atoms with E-state index in [-0.39, 0.29) is 30.1 Å². The van der Waals surface area contributed by atoms with Gasteiger partial charge in [-0.2, -0.15) is 0 Å². The lowest BCUT2D eigenvalue weighted by Gasteiger charge is -2.25. The zero-order valence-electron chi connectivity index (χ0n) is 13.6. The van der Waals surface area contributed by atoms with Crippen LogP contribution >= 0.6 is 0 Å². The number of hydrogen-bond acceptors (Lipinski definition) is 3. The third-order valence-corrected chi connectivity index (χ3v) is 4.40. The molecule has 0 aliphatic carbocycles. The van der Waals surface area contributed by atoms with Crippen molar-refractivity contribution in [3.05, 3.63) is 53.6 Å². The second kappa shape index (κ2) is 6.58. The summed E-state index contributed by atoms with van der Waals surface area (Å²) in [6.07, 6.45) is 0.286. The van der Waals surface area contributed by atoms with Crippen LogP contribution < -0.4 is 5.73 Å². The fourth-order valence-corrected chi connectivity index (χ4v) is 3.24. The van der Waals surface area contributed by atoms with Crippen molar-refractivity contribution < 1.29 is 18.4 Å². The highest BCUT2D eigenvalue weighted by atomic mass is 19.1. The molecule has 2 N–H and O–H groups in total. The van der Waals surface area contributed by atoms with Gasteiger partial charge in [-0.15, -0.1) is 0 Å². The van der Waals surface area contributed by atoms with E-state index < -0.39 is 23.9 Å². The molecule has 130 valence electrons. The molecule has 1 aliphatic rings. The summed E-state index contributed by atoms with van der Waals surface area (Å²) in [6, 6.07) is 6.52. The Kier molecular flexibility index (Phi) is 4.48. The molecule has 1 aromatic heterocycles. The van der Waals surface area contributed by atoms with Crippen LogP contribution in [0.1, 0.15) is 35.4 Å². The number of benzene rings is 1. The predicted octanol–water partition coefficient (Wildman–Crippen LogP) is 2.62. The van der Waals surface area contributed by atoms with E-state index >= 15 is 0 Å². The highest BCUT2D eigenvalue weighted by Gasteiger charge is 2.38. The van der Waals surface area contributed by atoms with Gasteiger partial charge in [0.05, 0.1) is 6.04 Å². The Hall–Kier alpha value is -2.83. The number of carbonyl (C=O) groups excluding carboxylic acids is 2. The van der Waals surface area contributed by atoms with Crippen LogP contribution in [0.3, 0.4) is 0 Å². The third-order valence-electron chi connectivity index (χ3n) is 4.40. The molecule has 0 bridgehead atoms. The molecule has 2 atom stereocenters. The molecule has 0 radical (unpaired) electrons. The molecule has 3 rings (SSSR count). The summed E-state index contributed by atoms with van der Waals surface area (Å²) in [5, 5.41) is 0. The van der Waals surface area contributed by atoms with Crippen LogP contribution in [0.15, 0.2) is 36.5 Å². The van der Waals surface area contributed by atoms with Crippen molar-refractivity contribution in [1.29, 1.82) is 0 Å². The van der Waals surface area contributed by atoms with Crippen LogP contribution in [-0.2, 0) is 4.79 Å². The lowest BCUT2D eigenvalue weighted by molar-refractivity contribution is -0.130. The van der Waals surface area contributed by atoms with Crippen molar-refractivity contribution in [2.45, 2.75) is 25.6 Å². The van der Waals surface area contributed by atoms with Crippen LogP contribution in [0.2, 0.25) is 0 Å². The molecule has 7 heteroatoms. The number of nitrogens with two attached hydrogens (primary N) is 1. The SMILES string of the molecule is CC(=O)N1CCC(F)C1c1ccc(-c2cccnc2C(N)=O)cc1F. The Morgan fingerprint density at radius 3 is 2.72 bits per heavy atom. The van der Waals surface area contributed by atoms with E-state index in [2.05, 4.69) is 4.98 Å². The first-order valence-electron chi connectivity index (χ1n) is 7.86. The second-order valence-corrected chi connectivity index (χ2v) is 5.96. The van der Waals surface area contributed by atoms with Gasteiger partial charge in [-0.25, -0.2) is 8.78 Å². The van der Waals surface area contributed by atoms with Gasteiger partial charge in [-0.1, -0.05) is 18.2 Å². The largest absolute Gasteiger partial charge is 0.364 e. The van der Waals surface area contributed by atoms with Gasteiger partial charge >= 0.3 is 0 Å². The van der Waals surface area contributed by atoms with Gasteiger partial charge in [0.2, 0.25) is 5.91 Å². The predicted molar refractivity (Wildman–Crippen MR) is 87.8 cm³/mol. The number of carbonyl (C=O) groups is 2. The maximum atomic E-state index is 14.7. The van der Waals surface area contributed by atoms with Gasteiger partial charge in [-0.05, 0) is 24.1 Å². The van der Waals surface area contributed by atoms with Crippen molar-refractivity contribution in [2.75, 3.05) is 6.54 Å². The molecule has 2 unspecified atom stereocenters. The number of amides is 2. The summed E-state index contributed by atoms with van der Waals surface area (Å²) in [5.74, 6) is -1.66. The Bertz CT molecular complexity index is 841. The van der Waals surface area contributed by atoms with E-state index in [0.29, 0.717) is 11.1 Å². The lowest BCUT2D eigenvalue weighted by atomic mass is 9.97. The average molecular weight is 345 g/mol. The summed E-state index contributed by atoms with van der Waals surface area (Å²) in [5.41, 5.74) is 6.25. The fraction of sp³-hybridized carbons (Fsp3) is 0.278. The van der Waals surface area contributed by atoms with Gasteiger partial charge < -0.3 is 10.6 Å². The zero-order valence-corrected chi connectivity index (χ0v) is 13.6. The standard InChI is InChI=1S/C18H17F2N3O2/c1-10(24)23-8-6-14(19)17(23)13-5-4-11(9-15(13)20)12-3-2-7-22-16(12)18(21)25/h2-5,7,9,14,17H,6,8H2,1H3,(H2,21,25). The van der Waals surface area contributed by atoms with Gasteiger partial charge in [0.25, 0.3) is 5.91 Å². The van der Waals surface area contributed by atoms with Crippen LogP contribution in [-0.4, -0.2) is 34.4 Å². The minimum absolute atomic E-state index is 0.0317. The quantitative estimate of drug-likeness (QED) is 0.929. The first kappa shape index (κ1) is 17.0. The summed E-state index contributed by atoms with van der Waals surface area (Å²) in [7, 11) is 0. The molecule has 0 spiro atoms. The molecule has 5 nitrogen and oxygen atoms in total. The Balaban J connectivity index is 2.03. The molecule has 1 saturated heterocycles. The van der Waals surface area contributed by atoms with Gasteiger partial charge in [0.1, 0.15) is 17.7 Å². The minimum atomic E-state index is -1.32. The van der Waals surface area contributed by atoms with Crippen molar-refractivity contribution in [2.24, 2.45) is 5.73 Å². The number of alkyl halides is 1. The summed E-state index contributed by atoms with van der Waals surface area (Å²) in [6.45, 7) is 1.60. The van der Waals surface area contributed by atoms with Gasteiger partial charge in [0.15, 0.2) is 0 Å². The number of hydrogen-bond donors (Lipinski definition) is 1. The molecule has 2 heterocycles. The number of nitrogens with zero attached hydrogens (tertiary/aromatic N) is 2. The molecule has 1 fully saturated rings. The first-order chi connectivity index (χ1) is 11.9. The van der Waals surface area contributed by atoms with E-state index in [0.717, 1.165) is 0 Å². The van der Waals surface area contributed by atoms with Crippen molar-refractivity contribution in [3.8, 4) is 11.1 Å². The van der Waals surface area contributed by atoms with E-state index in [9.17, 15) is 18.4 Å². The smallest absolute Gasteiger partial charge is 0.267 e. The zero-order chi connectivity index (χ0) is 18.1. The van der Waals surface area contributed by atoms with Crippen LogP contribution in [0.5, 0.6) is 0 Å². The molecule has 1 aromatic carbocycles. The maximum Gasteiger partial charge on any atom is 0.267 e. The van der Waals surface area contributed by atoms with Crippen molar-refractivity contribution in [3.63, 3.8) is 0 Å². The highest BCUT2D eigenvalue weighted by Crippen LogP contribution is 2.37. The molecule has 0 saturated carbocycles. The van der Waals surface area contributed by atoms with Gasteiger partial charge in [0, 0.05) is 30.8 Å². The van der Waals surface area contributed by atoms with E-state index in [1.54, 1.807) is 18.2 Å². The molecule has 2 aromatic rings.